The number of nitrogens with zero attached hydrogens (tertiary/aromatic N) is 5. The van der Waals surface area contributed by atoms with E-state index in [0.29, 0.717) is 17.9 Å². The van der Waals surface area contributed by atoms with Crippen molar-refractivity contribution in [3.63, 3.8) is 0 Å². The van der Waals surface area contributed by atoms with Gasteiger partial charge in [-0.15, -0.1) is 0 Å². The molecule has 0 spiro atoms. The molecule has 4 heterocycles. The molecule has 2 aliphatic heterocycles. The number of aromatic nitrogens is 2. The fourth-order valence-electron chi connectivity index (χ4n) is 4.36. The fourth-order valence-corrected chi connectivity index (χ4v) is 4.36. The summed E-state index contributed by atoms with van der Waals surface area (Å²) in [6.45, 7) is 10.5. The van der Waals surface area contributed by atoms with Crippen LogP contribution in [0.5, 0.6) is 0 Å². The molecule has 8 nitrogen and oxygen atoms in total. The van der Waals surface area contributed by atoms with Gasteiger partial charge in [0.25, 0.3) is 0 Å². The summed E-state index contributed by atoms with van der Waals surface area (Å²) < 4.78 is 0. The average Bonchev–Trinajstić information content (AvgIpc) is 2.80. The summed E-state index contributed by atoms with van der Waals surface area (Å²) >= 11 is 0. The third kappa shape index (κ3) is 4.57. The molecule has 0 amide bonds. The van der Waals surface area contributed by atoms with Crippen LogP contribution in [0.3, 0.4) is 0 Å². The largest absolute Gasteiger partial charge is 0.390 e. The van der Waals surface area contributed by atoms with Crippen molar-refractivity contribution in [2.75, 3.05) is 24.5 Å². The lowest BCUT2D eigenvalue weighted by atomic mass is 9.84. The molecule has 4 rings (SSSR count). The van der Waals surface area contributed by atoms with Crippen molar-refractivity contribution in [2.45, 2.75) is 46.3 Å². The molecule has 2 aromatic heterocycles. The SMILES string of the molecule is CC(=C(/N)C#N)/C(C)=C(\N)N1CCc2ncc(-c3ccc(N4CC(C(C)(C)O)C4)nc3)cc2C1. The number of nitrogens with two attached hydrogens (primary N) is 2. The maximum atomic E-state index is 10.1. The fraction of sp³-hybridized carbons (Fsp3) is 0.423. The second-order valence-electron chi connectivity index (χ2n) is 9.82. The second-order valence-corrected chi connectivity index (χ2v) is 9.82. The highest BCUT2D eigenvalue weighted by Gasteiger charge is 2.37. The summed E-state index contributed by atoms with van der Waals surface area (Å²) in [7, 11) is 0. The number of nitriles is 1. The molecule has 178 valence electrons. The zero-order valence-electron chi connectivity index (χ0n) is 20.3. The average molecular weight is 460 g/mol. The monoisotopic (exact) mass is 459 g/mol. The second kappa shape index (κ2) is 8.99. The Morgan fingerprint density at radius 2 is 1.82 bits per heavy atom. The van der Waals surface area contributed by atoms with Crippen molar-refractivity contribution >= 4 is 5.82 Å². The molecular formula is C26H33N7O. The first-order chi connectivity index (χ1) is 16.1. The van der Waals surface area contributed by atoms with E-state index in [9.17, 15) is 5.11 Å². The van der Waals surface area contributed by atoms with Crippen molar-refractivity contribution in [3.8, 4) is 17.2 Å². The van der Waals surface area contributed by atoms with Gasteiger partial charge in [-0.05, 0) is 62.6 Å². The number of hydrogen-bond donors (Lipinski definition) is 3. The molecule has 1 fully saturated rings. The first-order valence-electron chi connectivity index (χ1n) is 11.6. The van der Waals surface area contributed by atoms with Crippen molar-refractivity contribution < 1.29 is 5.11 Å². The van der Waals surface area contributed by atoms with E-state index >= 15 is 0 Å². The Morgan fingerprint density at radius 1 is 1.12 bits per heavy atom. The molecule has 0 saturated carbocycles. The Labute approximate surface area is 201 Å². The van der Waals surface area contributed by atoms with Crippen molar-refractivity contribution in [3.05, 3.63) is 64.5 Å². The lowest BCUT2D eigenvalue weighted by molar-refractivity contribution is 0.00439. The molecule has 0 aromatic carbocycles. The molecule has 0 bridgehead atoms. The summed E-state index contributed by atoms with van der Waals surface area (Å²) in [5, 5.41) is 19.2. The number of hydrogen-bond acceptors (Lipinski definition) is 8. The van der Waals surface area contributed by atoms with E-state index in [1.807, 2.05) is 52.2 Å². The van der Waals surface area contributed by atoms with Gasteiger partial charge in [0.2, 0.25) is 0 Å². The third-order valence-electron chi connectivity index (χ3n) is 7.14. The molecule has 0 radical (unpaired) electrons. The minimum atomic E-state index is -0.659. The van der Waals surface area contributed by atoms with E-state index in [-0.39, 0.29) is 11.6 Å². The van der Waals surface area contributed by atoms with Gasteiger partial charge in [0.1, 0.15) is 23.4 Å². The summed E-state index contributed by atoms with van der Waals surface area (Å²) in [5.74, 6) is 1.83. The normalized spacial score (nSPS) is 17.9. The van der Waals surface area contributed by atoms with Gasteiger partial charge in [-0.25, -0.2) is 4.98 Å². The van der Waals surface area contributed by atoms with Crippen LogP contribution in [-0.4, -0.2) is 45.2 Å². The Kier molecular flexibility index (Phi) is 6.24. The van der Waals surface area contributed by atoms with Crippen LogP contribution in [0.15, 0.2) is 53.3 Å². The molecule has 0 unspecified atom stereocenters. The van der Waals surface area contributed by atoms with Crippen molar-refractivity contribution in [1.29, 1.82) is 5.26 Å². The number of rotatable bonds is 5. The van der Waals surface area contributed by atoms with Gasteiger partial charge in [0.15, 0.2) is 0 Å². The first-order valence-corrected chi connectivity index (χ1v) is 11.6. The van der Waals surface area contributed by atoms with E-state index in [2.05, 4.69) is 26.9 Å². The molecule has 5 N–H and O–H groups in total. The van der Waals surface area contributed by atoms with Gasteiger partial charge in [0, 0.05) is 67.7 Å². The number of anilines is 1. The topological polar surface area (TPSA) is 128 Å². The molecule has 0 atom stereocenters. The number of fused-ring (bicyclic) bond motifs is 1. The van der Waals surface area contributed by atoms with Crippen LogP contribution in [0.25, 0.3) is 11.1 Å². The van der Waals surface area contributed by atoms with Crippen molar-refractivity contribution in [1.82, 2.24) is 14.9 Å². The first kappa shape index (κ1) is 23.6. The molecule has 2 aliphatic rings. The van der Waals surface area contributed by atoms with Crippen LogP contribution in [-0.2, 0) is 13.0 Å². The van der Waals surface area contributed by atoms with Crippen LogP contribution in [0.1, 0.15) is 39.0 Å². The quantitative estimate of drug-likeness (QED) is 0.460. The maximum Gasteiger partial charge on any atom is 0.128 e. The molecule has 2 aromatic rings. The Hall–Kier alpha value is -3.57. The molecule has 8 heteroatoms. The lowest BCUT2D eigenvalue weighted by Crippen LogP contribution is -2.56. The molecule has 1 saturated heterocycles. The predicted molar refractivity (Wildman–Crippen MR) is 133 cm³/mol. The van der Waals surface area contributed by atoms with Crippen molar-refractivity contribution in [2.24, 2.45) is 17.4 Å². The van der Waals surface area contributed by atoms with Crippen LogP contribution in [0.2, 0.25) is 0 Å². The van der Waals surface area contributed by atoms with Gasteiger partial charge in [-0.1, -0.05) is 0 Å². The standard InChI is InChI=1S/C26H33N7O/c1-16(22(28)10-27)17(2)25(29)32-8-7-23-20(13-32)9-19(12-30-23)18-5-6-24(31-11-18)33-14-21(15-33)26(3,4)34/h5-6,9,11-12,21,34H,7-8,13-15,28-29H2,1-4H3/b22-16-,25-17+. The number of allylic oxidation sites excluding steroid dienone is 3. The van der Waals surface area contributed by atoms with E-state index < -0.39 is 5.60 Å². The highest BCUT2D eigenvalue weighted by atomic mass is 16.3. The minimum absolute atomic E-state index is 0.187. The van der Waals surface area contributed by atoms with Gasteiger partial charge < -0.3 is 26.4 Å². The highest BCUT2D eigenvalue weighted by Crippen LogP contribution is 2.32. The van der Waals surface area contributed by atoms with E-state index in [0.717, 1.165) is 59.8 Å². The molecule has 0 aliphatic carbocycles. The molecule has 34 heavy (non-hydrogen) atoms. The van der Waals surface area contributed by atoms with Crippen LogP contribution < -0.4 is 16.4 Å². The summed E-state index contributed by atoms with van der Waals surface area (Å²) in [6, 6.07) is 8.25. The lowest BCUT2D eigenvalue weighted by Gasteiger charge is -2.45. The Bertz CT molecular complexity index is 1180. The predicted octanol–water partition coefficient (Wildman–Crippen LogP) is 2.66. The zero-order chi connectivity index (χ0) is 24.6. The maximum absolute atomic E-state index is 10.1. The summed E-state index contributed by atoms with van der Waals surface area (Å²) in [6.07, 6.45) is 4.59. The smallest absolute Gasteiger partial charge is 0.128 e. The minimum Gasteiger partial charge on any atom is -0.390 e. The van der Waals surface area contributed by atoms with Gasteiger partial charge in [0.05, 0.1) is 5.60 Å². The van der Waals surface area contributed by atoms with Crippen LogP contribution >= 0.6 is 0 Å². The van der Waals surface area contributed by atoms with E-state index in [4.69, 9.17) is 21.7 Å². The van der Waals surface area contributed by atoms with E-state index in [1.165, 1.54) is 0 Å². The van der Waals surface area contributed by atoms with Crippen LogP contribution in [0.4, 0.5) is 5.82 Å². The van der Waals surface area contributed by atoms with E-state index in [1.54, 1.807) is 0 Å². The zero-order valence-corrected chi connectivity index (χ0v) is 20.3. The van der Waals surface area contributed by atoms with Gasteiger partial charge >= 0.3 is 0 Å². The Balaban J connectivity index is 1.50. The summed E-state index contributed by atoms with van der Waals surface area (Å²) in [4.78, 5) is 13.7. The van der Waals surface area contributed by atoms with Gasteiger partial charge in [-0.3, -0.25) is 4.98 Å². The summed E-state index contributed by atoms with van der Waals surface area (Å²) in [5.41, 5.74) is 17.5. The Morgan fingerprint density at radius 3 is 2.44 bits per heavy atom. The van der Waals surface area contributed by atoms with Crippen LogP contribution in [0, 0.1) is 17.2 Å². The number of aliphatic hydroxyl groups is 1. The van der Waals surface area contributed by atoms with Gasteiger partial charge in [-0.2, -0.15) is 5.26 Å². The number of pyridine rings is 2. The third-order valence-corrected chi connectivity index (χ3v) is 7.14. The molecular weight excluding hydrogens is 426 g/mol. The highest BCUT2D eigenvalue weighted by molar-refractivity contribution is 5.64.